The van der Waals surface area contributed by atoms with Gasteiger partial charge in [0, 0.05) is 6.61 Å². The number of hydrogen-bond donors (Lipinski definition) is 1. The molecule has 1 aliphatic rings. The standard InChI is InChI=1S/C11H18O/c12-10-6-2-1-3-7-11-8-4-5-9-11/h4-5,8-9,11-12H,1-3,6-7,10H2. The van der Waals surface area contributed by atoms with Gasteiger partial charge in [0.25, 0.3) is 0 Å². The minimum atomic E-state index is 0.350. The quantitative estimate of drug-likeness (QED) is 0.601. The van der Waals surface area contributed by atoms with Crippen LogP contribution in [0.5, 0.6) is 0 Å². The lowest BCUT2D eigenvalue weighted by atomic mass is 10.0. The van der Waals surface area contributed by atoms with E-state index < -0.39 is 0 Å². The number of aliphatic hydroxyl groups is 1. The van der Waals surface area contributed by atoms with Crippen molar-refractivity contribution in [2.75, 3.05) is 6.61 Å². The summed E-state index contributed by atoms with van der Waals surface area (Å²) in [6.45, 7) is 0.350. The van der Waals surface area contributed by atoms with Crippen LogP contribution in [0.25, 0.3) is 0 Å². The Hall–Kier alpha value is -0.560. The van der Waals surface area contributed by atoms with Crippen molar-refractivity contribution in [1.82, 2.24) is 0 Å². The second kappa shape index (κ2) is 6.01. The number of unbranched alkanes of at least 4 members (excludes halogenated alkanes) is 3. The van der Waals surface area contributed by atoms with Crippen molar-refractivity contribution in [2.24, 2.45) is 5.92 Å². The van der Waals surface area contributed by atoms with Crippen LogP contribution in [-0.2, 0) is 0 Å². The molecule has 68 valence electrons. The van der Waals surface area contributed by atoms with Crippen molar-refractivity contribution in [3.8, 4) is 0 Å². The van der Waals surface area contributed by atoms with Gasteiger partial charge in [0.2, 0.25) is 0 Å². The Labute approximate surface area is 74.8 Å². The molecule has 0 amide bonds. The maximum absolute atomic E-state index is 8.55. The van der Waals surface area contributed by atoms with Gasteiger partial charge in [0.15, 0.2) is 0 Å². The van der Waals surface area contributed by atoms with Crippen LogP contribution >= 0.6 is 0 Å². The SMILES string of the molecule is OCCCCCCC1C=CC=C1. The fourth-order valence-corrected chi connectivity index (χ4v) is 1.52. The van der Waals surface area contributed by atoms with E-state index in [1.165, 1.54) is 25.7 Å². The molecule has 0 radical (unpaired) electrons. The lowest BCUT2D eigenvalue weighted by molar-refractivity contribution is 0.282. The van der Waals surface area contributed by atoms with Crippen LogP contribution in [0.1, 0.15) is 32.1 Å². The summed E-state index contributed by atoms with van der Waals surface area (Å²) in [5.74, 6) is 0.694. The number of hydrogen-bond acceptors (Lipinski definition) is 1. The molecule has 1 heteroatoms. The van der Waals surface area contributed by atoms with E-state index in [0.29, 0.717) is 12.5 Å². The Kier molecular flexibility index (Phi) is 4.77. The second-order valence-electron chi connectivity index (χ2n) is 3.36. The van der Waals surface area contributed by atoms with Crippen LogP contribution < -0.4 is 0 Å². The smallest absolute Gasteiger partial charge is 0.0431 e. The maximum atomic E-state index is 8.55. The average Bonchev–Trinajstić information content (AvgIpc) is 2.57. The first-order valence-corrected chi connectivity index (χ1v) is 4.89. The average molecular weight is 166 g/mol. The topological polar surface area (TPSA) is 20.2 Å². The van der Waals surface area contributed by atoms with E-state index in [1.807, 2.05) is 0 Å². The van der Waals surface area contributed by atoms with Gasteiger partial charge >= 0.3 is 0 Å². The van der Waals surface area contributed by atoms with Crippen LogP contribution in [0.4, 0.5) is 0 Å². The van der Waals surface area contributed by atoms with Gasteiger partial charge < -0.3 is 5.11 Å². The fourth-order valence-electron chi connectivity index (χ4n) is 1.52. The molecule has 1 N–H and O–H groups in total. The van der Waals surface area contributed by atoms with E-state index in [2.05, 4.69) is 24.3 Å². The van der Waals surface area contributed by atoms with Crippen LogP contribution in [0.2, 0.25) is 0 Å². The highest BCUT2D eigenvalue weighted by Gasteiger charge is 2.01. The van der Waals surface area contributed by atoms with Crippen molar-refractivity contribution < 1.29 is 5.11 Å². The highest BCUT2D eigenvalue weighted by Crippen LogP contribution is 2.17. The third-order valence-corrected chi connectivity index (χ3v) is 2.27. The molecule has 0 aromatic rings. The van der Waals surface area contributed by atoms with Gasteiger partial charge in [0.1, 0.15) is 0 Å². The lowest BCUT2D eigenvalue weighted by Gasteiger charge is -2.03. The van der Waals surface area contributed by atoms with Gasteiger partial charge in [-0.2, -0.15) is 0 Å². The van der Waals surface area contributed by atoms with Crippen molar-refractivity contribution in [1.29, 1.82) is 0 Å². The lowest BCUT2D eigenvalue weighted by Crippen LogP contribution is -1.90. The molecular weight excluding hydrogens is 148 g/mol. The van der Waals surface area contributed by atoms with Crippen molar-refractivity contribution >= 4 is 0 Å². The number of aliphatic hydroxyl groups excluding tert-OH is 1. The van der Waals surface area contributed by atoms with E-state index in [4.69, 9.17) is 5.11 Å². The molecule has 0 spiro atoms. The summed E-state index contributed by atoms with van der Waals surface area (Å²) >= 11 is 0. The zero-order valence-electron chi connectivity index (χ0n) is 7.58. The summed E-state index contributed by atoms with van der Waals surface area (Å²) in [5.41, 5.74) is 0. The first-order chi connectivity index (χ1) is 5.93. The molecule has 0 heterocycles. The molecule has 0 bridgehead atoms. The van der Waals surface area contributed by atoms with Gasteiger partial charge in [-0.05, 0) is 18.8 Å². The fraction of sp³-hybridized carbons (Fsp3) is 0.636. The summed E-state index contributed by atoms with van der Waals surface area (Å²) in [5, 5.41) is 8.55. The van der Waals surface area contributed by atoms with E-state index in [0.717, 1.165) is 6.42 Å². The molecule has 0 atom stereocenters. The third kappa shape index (κ3) is 3.72. The number of rotatable bonds is 6. The van der Waals surface area contributed by atoms with Crippen LogP contribution in [0.3, 0.4) is 0 Å². The Morgan fingerprint density at radius 3 is 2.25 bits per heavy atom. The predicted octanol–water partition coefficient (Wildman–Crippen LogP) is 2.67. The zero-order valence-corrected chi connectivity index (χ0v) is 7.58. The summed E-state index contributed by atoms with van der Waals surface area (Å²) < 4.78 is 0. The molecule has 0 aromatic carbocycles. The number of allylic oxidation sites excluding steroid dienone is 4. The van der Waals surface area contributed by atoms with Crippen LogP contribution in [-0.4, -0.2) is 11.7 Å². The molecule has 1 aliphatic carbocycles. The van der Waals surface area contributed by atoms with Gasteiger partial charge in [0.05, 0.1) is 0 Å². The highest BCUT2D eigenvalue weighted by atomic mass is 16.2. The molecule has 0 saturated heterocycles. The Morgan fingerprint density at radius 2 is 1.58 bits per heavy atom. The normalized spacial score (nSPS) is 16.1. The maximum Gasteiger partial charge on any atom is 0.0431 e. The summed E-state index contributed by atoms with van der Waals surface area (Å²) in [6.07, 6.45) is 14.7. The molecular formula is C11H18O. The van der Waals surface area contributed by atoms with Crippen LogP contribution in [0, 0.1) is 5.92 Å². The summed E-state index contributed by atoms with van der Waals surface area (Å²) in [6, 6.07) is 0. The van der Waals surface area contributed by atoms with E-state index in [9.17, 15) is 0 Å². The van der Waals surface area contributed by atoms with E-state index in [1.54, 1.807) is 0 Å². The molecule has 1 rings (SSSR count). The zero-order chi connectivity index (χ0) is 8.65. The monoisotopic (exact) mass is 166 g/mol. The molecule has 0 fully saturated rings. The summed E-state index contributed by atoms with van der Waals surface area (Å²) in [4.78, 5) is 0. The molecule has 1 nitrogen and oxygen atoms in total. The third-order valence-electron chi connectivity index (χ3n) is 2.27. The van der Waals surface area contributed by atoms with Crippen molar-refractivity contribution in [3.05, 3.63) is 24.3 Å². The van der Waals surface area contributed by atoms with E-state index in [-0.39, 0.29) is 0 Å². The summed E-state index contributed by atoms with van der Waals surface area (Å²) in [7, 11) is 0. The Balaban J connectivity index is 1.89. The van der Waals surface area contributed by atoms with Crippen molar-refractivity contribution in [2.45, 2.75) is 32.1 Å². The largest absolute Gasteiger partial charge is 0.396 e. The van der Waals surface area contributed by atoms with Gasteiger partial charge in [-0.15, -0.1) is 0 Å². The van der Waals surface area contributed by atoms with Gasteiger partial charge in [-0.25, -0.2) is 0 Å². The molecule has 0 aromatic heterocycles. The van der Waals surface area contributed by atoms with Crippen molar-refractivity contribution in [3.63, 3.8) is 0 Å². The highest BCUT2D eigenvalue weighted by molar-refractivity contribution is 5.17. The minimum Gasteiger partial charge on any atom is -0.396 e. The first kappa shape index (κ1) is 9.53. The van der Waals surface area contributed by atoms with E-state index >= 15 is 0 Å². The first-order valence-electron chi connectivity index (χ1n) is 4.89. The molecule has 12 heavy (non-hydrogen) atoms. The Bertz CT molecular complexity index is 146. The Morgan fingerprint density at radius 1 is 0.917 bits per heavy atom. The van der Waals surface area contributed by atoms with Gasteiger partial charge in [-0.3, -0.25) is 0 Å². The molecule has 0 aliphatic heterocycles. The predicted molar refractivity (Wildman–Crippen MR) is 51.9 cm³/mol. The second-order valence-corrected chi connectivity index (χ2v) is 3.36. The minimum absolute atomic E-state index is 0.350. The molecule has 0 saturated carbocycles. The van der Waals surface area contributed by atoms with Gasteiger partial charge in [-0.1, -0.05) is 43.6 Å². The van der Waals surface area contributed by atoms with Crippen LogP contribution in [0.15, 0.2) is 24.3 Å². The molecule has 0 unspecified atom stereocenters.